The number of ether oxygens (including phenoxy) is 1. The van der Waals surface area contributed by atoms with E-state index in [0.717, 1.165) is 12.1 Å². The zero-order valence-corrected chi connectivity index (χ0v) is 11.2. The maximum absolute atomic E-state index is 13.5. The van der Waals surface area contributed by atoms with E-state index in [1.165, 1.54) is 0 Å². The molecule has 0 aromatic heterocycles. The first-order valence-corrected chi connectivity index (χ1v) is 5.63. The summed E-state index contributed by atoms with van der Waals surface area (Å²) in [6.45, 7) is 5.01. The van der Waals surface area contributed by atoms with E-state index < -0.39 is 23.3 Å². The lowest BCUT2D eigenvalue weighted by atomic mass is 10.2. The van der Waals surface area contributed by atoms with Crippen molar-refractivity contribution in [2.24, 2.45) is 0 Å². The summed E-state index contributed by atoms with van der Waals surface area (Å²) < 4.78 is 31.4. The molecule has 0 spiro atoms. The molecule has 3 nitrogen and oxygen atoms in total. The van der Waals surface area contributed by atoms with Crippen molar-refractivity contribution in [1.82, 2.24) is 0 Å². The quantitative estimate of drug-likeness (QED) is 0.794. The van der Waals surface area contributed by atoms with Crippen LogP contribution in [-0.2, 0) is 4.74 Å². The minimum atomic E-state index is -0.839. The first kappa shape index (κ1) is 13.9. The molecule has 1 amide bonds. The van der Waals surface area contributed by atoms with Crippen LogP contribution in [0.5, 0.6) is 0 Å². The van der Waals surface area contributed by atoms with Gasteiger partial charge in [-0.05, 0) is 42.8 Å². The summed E-state index contributed by atoms with van der Waals surface area (Å²) in [6, 6.07) is 1.85. The van der Waals surface area contributed by atoms with Crippen LogP contribution in [0.1, 0.15) is 20.8 Å². The fourth-order valence-corrected chi connectivity index (χ4v) is 1.49. The lowest BCUT2D eigenvalue weighted by molar-refractivity contribution is 0.0635. The first-order valence-electron chi connectivity index (χ1n) is 4.83. The zero-order valence-electron chi connectivity index (χ0n) is 9.61. The van der Waals surface area contributed by atoms with Crippen LogP contribution in [0.25, 0.3) is 0 Å². The number of hydrogen-bond acceptors (Lipinski definition) is 2. The van der Waals surface area contributed by atoms with E-state index in [2.05, 4.69) is 21.2 Å². The summed E-state index contributed by atoms with van der Waals surface area (Å²) in [5, 5.41) is 2.14. The highest BCUT2D eigenvalue weighted by Gasteiger charge is 2.18. The fourth-order valence-electron chi connectivity index (χ4n) is 1.06. The molecule has 0 fully saturated rings. The monoisotopic (exact) mass is 307 g/mol. The second kappa shape index (κ2) is 5.00. The summed E-state index contributed by atoms with van der Waals surface area (Å²) in [5.74, 6) is -1.42. The lowest BCUT2D eigenvalue weighted by Crippen LogP contribution is -2.27. The second-order valence-electron chi connectivity index (χ2n) is 4.38. The van der Waals surface area contributed by atoms with Gasteiger partial charge in [0.2, 0.25) is 0 Å². The topological polar surface area (TPSA) is 38.3 Å². The molecule has 94 valence electrons. The molecule has 0 unspecified atom stereocenters. The third-order valence-electron chi connectivity index (χ3n) is 1.63. The Morgan fingerprint density at radius 3 is 2.47 bits per heavy atom. The molecule has 0 heterocycles. The predicted molar refractivity (Wildman–Crippen MR) is 63.9 cm³/mol. The van der Waals surface area contributed by atoms with Crippen molar-refractivity contribution < 1.29 is 18.3 Å². The van der Waals surface area contributed by atoms with Gasteiger partial charge in [0.25, 0.3) is 0 Å². The van der Waals surface area contributed by atoms with Gasteiger partial charge in [0.15, 0.2) is 5.82 Å². The Hall–Kier alpha value is -1.17. The van der Waals surface area contributed by atoms with Crippen LogP contribution in [0.3, 0.4) is 0 Å². The van der Waals surface area contributed by atoms with Gasteiger partial charge < -0.3 is 4.74 Å². The molecule has 1 aromatic rings. The van der Waals surface area contributed by atoms with Crippen molar-refractivity contribution in [3.05, 3.63) is 28.2 Å². The van der Waals surface area contributed by atoms with Gasteiger partial charge in [0, 0.05) is 6.07 Å². The van der Waals surface area contributed by atoms with Crippen LogP contribution in [0.4, 0.5) is 19.3 Å². The highest BCUT2D eigenvalue weighted by atomic mass is 79.9. The van der Waals surface area contributed by atoms with E-state index in [1.807, 2.05) is 0 Å². The average molecular weight is 308 g/mol. The van der Waals surface area contributed by atoms with Gasteiger partial charge in [0.1, 0.15) is 11.4 Å². The number of hydrogen-bond donors (Lipinski definition) is 1. The third kappa shape index (κ3) is 4.30. The van der Waals surface area contributed by atoms with Crippen molar-refractivity contribution in [2.45, 2.75) is 26.4 Å². The van der Waals surface area contributed by atoms with Gasteiger partial charge in [-0.15, -0.1) is 0 Å². The minimum absolute atomic E-state index is 0.0661. The van der Waals surface area contributed by atoms with E-state index in [4.69, 9.17) is 4.74 Å². The molecule has 1 N–H and O–H groups in total. The van der Waals surface area contributed by atoms with Gasteiger partial charge in [-0.3, -0.25) is 5.32 Å². The molecule has 0 aliphatic carbocycles. The van der Waals surface area contributed by atoms with Crippen LogP contribution in [0.15, 0.2) is 16.6 Å². The number of benzene rings is 1. The Kier molecular flexibility index (Phi) is 4.08. The number of halogens is 3. The van der Waals surface area contributed by atoms with E-state index in [1.54, 1.807) is 20.8 Å². The first-order chi connectivity index (χ1) is 7.69. The molecule has 1 aromatic carbocycles. The van der Waals surface area contributed by atoms with Crippen LogP contribution >= 0.6 is 15.9 Å². The van der Waals surface area contributed by atoms with Crippen LogP contribution < -0.4 is 5.32 Å². The van der Waals surface area contributed by atoms with Gasteiger partial charge in [0.05, 0.1) is 10.2 Å². The van der Waals surface area contributed by atoms with Gasteiger partial charge in [-0.2, -0.15) is 0 Å². The number of rotatable bonds is 1. The summed E-state index contributed by atoms with van der Waals surface area (Å²) in [4.78, 5) is 11.4. The van der Waals surface area contributed by atoms with Crippen LogP contribution in [-0.4, -0.2) is 11.7 Å². The van der Waals surface area contributed by atoms with E-state index >= 15 is 0 Å². The molecule has 17 heavy (non-hydrogen) atoms. The standard InChI is InChI=1S/C11H12BrF2NO2/c1-11(2,3)17-10(16)15-8-5-6(13)4-7(12)9(8)14/h4-5H,1-3H3,(H,15,16). The summed E-state index contributed by atoms with van der Waals surface area (Å²) in [7, 11) is 0. The van der Waals surface area contributed by atoms with Crippen molar-refractivity contribution >= 4 is 27.7 Å². The van der Waals surface area contributed by atoms with Crippen LogP contribution in [0.2, 0.25) is 0 Å². The van der Waals surface area contributed by atoms with Crippen LogP contribution in [0, 0.1) is 11.6 Å². The molecular weight excluding hydrogens is 296 g/mol. The molecular formula is C11H12BrF2NO2. The number of carbonyl (C=O) groups is 1. The molecule has 0 atom stereocenters. The molecule has 0 bridgehead atoms. The lowest BCUT2D eigenvalue weighted by Gasteiger charge is -2.19. The number of carbonyl (C=O) groups excluding carboxylic acids is 1. The molecule has 0 saturated heterocycles. The predicted octanol–water partition coefficient (Wildman–Crippen LogP) is 4.07. The minimum Gasteiger partial charge on any atom is -0.444 e. The van der Waals surface area contributed by atoms with Crippen molar-refractivity contribution in [3.63, 3.8) is 0 Å². The summed E-state index contributed by atoms with van der Waals surface area (Å²) in [6.07, 6.45) is -0.839. The van der Waals surface area contributed by atoms with Crippen molar-refractivity contribution in [3.8, 4) is 0 Å². The van der Waals surface area contributed by atoms with E-state index in [-0.39, 0.29) is 10.2 Å². The Morgan fingerprint density at radius 2 is 1.94 bits per heavy atom. The number of amides is 1. The van der Waals surface area contributed by atoms with Gasteiger partial charge in [-0.25, -0.2) is 13.6 Å². The Morgan fingerprint density at radius 1 is 1.35 bits per heavy atom. The molecule has 1 rings (SSSR count). The second-order valence-corrected chi connectivity index (χ2v) is 5.23. The Balaban J connectivity index is 2.85. The number of anilines is 1. The van der Waals surface area contributed by atoms with Crippen molar-refractivity contribution in [2.75, 3.05) is 5.32 Å². The van der Waals surface area contributed by atoms with Crippen molar-refractivity contribution in [1.29, 1.82) is 0 Å². The van der Waals surface area contributed by atoms with Gasteiger partial charge in [-0.1, -0.05) is 0 Å². The highest BCUT2D eigenvalue weighted by molar-refractivity contribution is 9.10. The highest BCUT2D eigenvalue weighted by Crippen LogP contribution is 2.25. The number of nitrogens with one attached hydrogen (secondary N) is 1. The maximum Gasteiger partial charge on any atom is 0.412 e. The zero-order chi connectivity index (χ0) is 13.2. The summed E-state index contributed by atoms with van der Waals surface area (Å²) >= 11 is 2.84. The molecule has 0 aliphatic heterocycles. The Bertz CT molecular complexity index is 444. The third-order valence-corrected chi connectivity index (χ3v) is 2.21. The average Bonchev–Trinajstić information content (AvgIpc) is 2.10. The molecule has 0 saturated carbocycles. The molecule has 0 aliphatic rings. The SMILES string of the molecule is CC(C)(C)OC(=O)Nc1cc(F)cc(Br)c1F. The van der Waals surface area contributed by atoms with E-state index in [0.29, 0.717) is 0 Å². The van der Waals surface area contributed by atoms with Gasteiger partial charge >= 0.3 is 6.09 Å². The molecule has 6 heteroatoms. The largest absolute Gasteiger partial charge is 0.444 e. The maximum atomic E-state index is 13.5. The molecule has 0 radical (unpaired) electrons. The summed E-state index contributed by atoms with van der Waals surface area (Å²) in [5.41, 5.74) is -0.975. The fraction of sp³-hybridized carbons (Fsp3) is 0.364. The normalized spacial score (nSPS) is 11.2. The Labute approximate surface area is 106 Å². The van der Waals surface area contributed by atoms with E-state index in [9.17, 15) is 13.6 Å². The smallest absolute Gasteiger partial charge is 0.412 e.